The zero-order valence-corrected chi connectivity index (χ0v) is 17.0. The summed E-state index contributed by atoms with van der Waals surface area (Å²) in [5.41, 5.74) is 0. The van der Waals surface area contributed by atoms with Crippen molar-refractivity contribution >= 4 is 11.8 Å². The molecule has 0 aromatic rings. The van der Waals surface area contributed by atoms with E-state index in [1.807, 2.05) is 13.8 Å². The fourth-order valence-corrected chi connectivity index (χ4v) is 2.82. The second-order valence-corrected chi connectivity index (χ2v) is 7.75. The van der Waals surface area contributed by atoms with Crippen molar-refractivity contribution in [3.63, 3.8) is 0 Å². The summed E-state index contributed by atoms with van der Waals surface area (Å²) in [5, 5.41) is 28.5. The molecule has 7 heteroatoms. The van der Waals surface area contributed by atoms with Crippen LogP contribution in [0, 0.1) is 5.92 Å². The summed E-state index contributed by atoms with van der Waals surface area (Å²) in [7, 11) is 0. The van der Waals surface area contributed by atoms with Crippen LogP contribution in [0.1, 0.15) is 60.3 Å². The Bertz CT molecular complexity index is 353. The largest absolute Gasteiger partial charge is 0.392 e. The standard InChI is InChI=1S/C19H38N2O5/c1-14(2)10-20(11-15(3)22)18(25)8-6-7-9-19(26)21(12-16(4)23)13-17(5)24/h14-17,22-24H,6-13H2,1-5H3. The van der Waals surface area contributed by atoms with E-state index in [4.69, 9.17) is 0 Å². The monoisotopic (exact) mass is 374 g/mol. The van der Waals surface area contributed by atoms with Crippen molar-refractivity contribution in [2.45, 2.75) is 78.6 Å². The molecule has 0 aliphatic heterocycles. The third-order valence-corrected chi connectivity index (χ3v) is 3.78. The van der Waals surface area contributed by atoms with E-state index >= 15 is 0 Å². The summed E-state index contributed by atoms with van der Waals surface area (Å²) in [5.74, 6) is 0.202. The zero-order valence-electron chi connectivity index (χ0n) is 17.0. The summed E-state index contributed by atoms with van der Waals surface area (Å²) >= 11 is 0. The number of aliphatic hydroxyl groups is 3. The molecule has 2 amide bonds. The van der Waals surface area contributed by atoms with Crippen LogP contribution in [-0.4, -0.2) is 81.4 Å². The van der Waals surface area contributed by atoms with Gasteiger partial charge in [0.05, 0.1) is 18.3 Å². The number of hydrogen-bond donors (Lipinski definition) is 3. The first kappa shape index (κ1) is 24.8. The molecule has 0 bridgehead atoms. The van der Waals surface area contributed by atoms with Gasteiger partial charge in [-0.2, -0.15) is 0 Å². The molecule has 0 fully saturated rings. The third kappa shape index (κ3) is 12.2. The smallest absolute Gasteiger partial charge is 0.222 e. The molecule has 0 aromatic heterocycles. The summed E-state index contributed by atoms with van der Waals surface area (Å²) in [4.78, 5) is 27.7. The van der Waals surface area contributed by atoms with Gasteiger partial charge >= 0.3 is 0 Å². The Balaban J connectivity index is 4.38. The lowest BCUT2D eigenvalue weighted by molar-refractivity contribution is -0.135. The van der Waals surface area contributed by atoms with Crippen molar-refractivity contribution in [3.8, 4) is 0 Å². The van der Waals surface area contributed by atoms with Gasteiger partial charge in [0.25, 0.3) is 0 Å². The van der Waals surface area contributed by atoms with E-state index in [0.717, 1.165) is 0 Å². The maximum atomic E-state index is 12.3. The van der Waals surface area contributed by atoms with Gasteiger partial charge in [-0.3, -0.25) is 9.59 Å². The first-order chi connectivity index (χ1) is 12.0. The van der Waals surface area contributed by atoms with Gasteiger partial charge in [-0.1, -0.05) is 13.8 Å². The van der Waals surface area contributed by atoms with Crippen molar-refractivity contribution in [2.24, 2.45) is 5.92 Å². The minimum atomic E-state index is -0.649. The van der Waals surface area contributed by atoms with Crippen LogP contribution in [0.2, 0.25) is 0 Å². The Morgan fingerprint density at radius 2 is 0.962 bits per heavy atom. The number of hydrogen-bond acceptors (Lipinski definition) is 5. The molecule has 26 heavy (non-hydrogen) atoms. The topological polar surface area (TPSA) is 101 Å². The number of carbonyl (C=O) groups excluding carboxylic acids is 2. The molecule has 3 N–H and O–H groups in total. The molecule has 3 unspecified atom stereocenters. The van der Waals surface area contributed by atoms with Gasteiger partial charge in [-0.15, -0.1) is 0 Å². The molecule has 0 radical (unpaired) electrons. The van der Waals surface area contributed by atoms with E-state index in [-0.39, 0.29) is 31.3 Å². The van der Waals surface area contributed by atoms with E-state index in [1.165, 1.54) is 4.90 Å². The Labute approximate surface area is 158 Å². The van der Waals surface area contributed by atoms with E-state index in [0.29, 0.717) is 38.3 Å². The van der Waals surface area contributed by atoms with Crippen LogP contribution in [0.15, 0.2) is 0 Å². The first-order valence-corrected chi connectivity index (χ1v) is 9.62. The molecule has 0 aliphatic carbocycles. The minimum absolute atomic E-state index is 0.00290. The van der Waals surface area contributed by atoms with Crippen LogP contribution in [0.4, 0.5) is 0 Å². The molecule has 0 spiro atoms. The molecular formula is C19H38N2O5. The molecule has 3 atom stereocenters. The van der Waals surface area contributed by atoms with Gasteiger partial charge in [0, 0.05) is 39.0 Å². The van der Waals surface area contributed by atoms with Crippen molar-refractivity contribution in [1.29, 1.82) is 0 Å². The lowest BCUT2D eigenvalue weighted by Crippen LogP contribution is -2.40. The highest BCUT2D eigenvalue weighted by atomic mass is 16.3. The summed E-state index contributed by atoms with van der Waals surface area (Å²) < 4.78 is 0. The maximum Gasteiger partial charge on any atom is 0.222 e. The lowest BCUT2D eigenvalue weighted by atomic mass is 10.1. The lowest BCUT2D eigenvalue weighted by Gasteiger charge is -2.26. The normalized spacial score (nSPS) is 14.8. The maximum absolute atomic E-state index is 12.3. The minimum Gasteiger partial charge on any atom is -0.392 e. The summed E-state index contributed by atoms with van der Waals surface area (Å²) in [6.45, 7) is 10.3. The molecule has 0 aliphatic rings. The quantitative estimate of drug-likeness (QED) is 0.418. The van der Waals surface area contributed by atoms with Crippen molar-refractivity contribution in [1.82, 2.24) is 9.80 Å². The fraction of sp³-hybridized carbons (Fsp3) is 0.895. The summed E-state index contributed by atoms with van der Waals surface area (Å²) in [6, 6.07) is 0. The van der Waals surface area contributed by atoms with E-state index in [2.05, 4.69) is 0 Å². The average Bonchev–Trinajstić information content (AvgIpc) is 2.47. The average molecular weight is 375 g/mol. The third-order valence-electron chi connectivity index (χ3n) is 3.78. The Morgan fingerprint density at radius 1 is 0.654 bits per heavy atom. The number of amides is 2. The molecule has 0 saturated carbocycles. The van der Waals surface area contributed by atoms with Crippen LogP contribution in [-0.2, 0) is 9.59 Å². The summed E-state index contributed by atoms with van der Waals surface area (Å²) in [6.07, 6.45) is -0.0593. The van der Waals surface area contributed by atoms with Gasteiger partial charge in [-0.05, 0) is 39.5 Å². The van der Waals surface area contributed by atoms with Crippen LogP contribution in [0.3, 0.4) is 0 Å². The highest BCUT2D eigenvalue weighted by Gasteiger charge is 2.19. The van der Waals surface area contributed by atoms with Crippen LogP contribution in [0.25, 0.3) is 0 Å². The number of carbonyl (C=O) groups is 2. The molecule has 0 saturated heterocycles. The van der Waals surface area contributed by atoms with E-state index in [9.17, 15) is 24.9 Å². The van der Waals surface area contributed by atoms with Crippen molar-refractivity contribution in [3.05, 3.63) is 0 Å². The predicted molar refractivity (Wildman–Crippen MR) is 102 cm³/mol. The van der Waals surface area contributed by atoms with Gasteiger partial charge in [0.2, 0.25) is 11.8 Å². The van der Waals surface area contributed by atoms with Crippen molar-refractivity contribution < 1.29 is 24.9 Å². The molecule has 0 rings (SSSR count). The highest BCUT2D eigenvalue weighted by molar-refractivity contribution is 5.77. The van der Waals surface area contributed by atoms with Crippen molar-refractivity contribution in [2.75, 3.05) is 26.2 Å². The number of rotatable bonds is 13. The molecule has 0 heterocycles. The molecule has 0 aromatic carbocycles. The Morgan fingerprint density at radius 3 is 1.23 bits per heavy atom. The van der Waals surface area contributed by atoms with Gasteiger partial charge in [0.15, 0.2) is 0 Å². The van der Waals surface area contributed by atoms with Crippen LogP contribution in [0.5, 0.6) is 0 Å². The van der Waals surface area contributed by atoms with Gasteiger partial charge < -0.3 is 25.1 Å². The molecule has 7 nitrogen and oxygen atoms in total. The second-order valence-electron chi connectivity index (χ2n) is 7.75. The molecule has 154 valence electrons. The van der Waals surface area contributed by atoms with E-state index < -0.39 is 18.3 Å². The number of aliphatic hydroxyl groups excluding tert-OH is 3. The molecular weight excluding hydrogens is 336 g/mol. The highest BCUT2D eigenvalue weighted by Crippen LogP contribution is 2.09. The van der Waals surface area contributed by atoms with Crippen LogP contribution < -0.4 is 0 Å². The van der Waals surface area contributed by atoms with E-state index in [1.54, 1.807) is 25.7 Å². The fourth-order valence-electron chi connectivity index (χ4n) is 2.82. The SMILES string of the molecule is CC(C)CN(CC(C)O)C(=O)CCCCC(=O)N(CC(C)O)CC(C)O. The van der Waals surface area contributed by atoms with Gasteiger partial charge in [-0.25, -0.2) is 0 Å². The predicted octanol–water partition coefficient (Wildman–Crippen LogP) is 1.00. The first-order valence-electron chi connectivity index (χ1n) is 9.62. The number of nitrogens with zero attached hydrogens (tertiary/aromatic N) is 2. The van der Waals surface area contributed by atoms with Crippen LogP contribution >= 0.6 is 0 Å². The zero-order chi connectivity index (χ0) is 20.3. The second kappa shape index (κ2) is 13.1. The Kier molecular flexibility index (Phi) is 12.5. The number of unbranched alkanes of at least 4 members (excludes halogenated alkanes) is 1. The van der Waals surface area contributed by atoms with Gasteiger partial charge in [0.1, 0.15) is 0 Å². The Hall–Kier alpha value is -1.18.